The van der Waals surface area contributed by atoms with E-state index in [1.54, 1.807) is 0 Å². The van der Waals surface area contributed by atoms with Crippen molar-refractivity contribution in [2.45, 2.75) is 0 Å². The molecule has 0 aliphatic rings. The highest BCUT2D eigenvalue weighted by atomic mass is 19.2. The van der Waals surface area contributed by atoms with E-state index in [0.29, 0.717) is 5.39 Å². The second-order valence-electron chi connectivity index (χ2n) is 5.57. The van der Waals surface area contributed by atoms with Crippen LogP contribution in [-0.4, -0.2) is 19.7 Å². The van der Waals surface area contributed by atoms with Crippen molar-refractivity contribution in [1.29, 1.82) is 0 Å². The van der Waals surface area contributed by atoms with Crippen LogP contribution in [0.25, 0.3) is 16.7 Å². The van der Waals surface area contributed by atoms with Crippen LogP contribution in [0.15, 0.2) is 36.8 Å². The van der Waals surface area contributed by atoms with Gasteiger partial charge in [-0.2, -0.15) is 13.9 Å². The van der Waals surface area contributed by atoms with E-state index in [0.717, 1.165) is 16.8 Å². The van der Waals surface area contributed by atoms with Crippen LogP contribution in [0.3, 0.4) is 0 Å². The lowest BCUT2D eigenvalue weighted by Crippen LogP contribution is -2.03. The van der Waals surface area contributed by atoms with Crippen molar-refractivity contribution in [2.75, 3.05) is 5.73 Å². The first kappa shape index (κ1) is 17.6. The number of nitrogens with zero attached hydrogens (tertiary/aromatic N) is 4. The molecule has 0 bridgehead atoms. The number of benzene rings is 2. The van der Waals surface area contributed by atoms with Crippen molar-refractivity contribution in [3.63, 3.8) is 0 Å². The summed E-state index contributed by atoms with van der Waals surface area (Å²) in [6.45, 7) is 0. The van der Waals surface area contributed by atoms with Crippen molar-refractivity contribution in [3.05, 3.63) is 65.9 Å². The molecular weight excluding hydrogens is 385 g/mol. The maximum absolute atomic E-state index is 14.6. The van der Waals surface area contributed by atoms with Crippen LogP contribution < -0.4 is 10.5 Å². The lowest BCUT2D eigenvalue weighted by Gasteiger charge is -2.11. The molecule has 0 fully saturated rings. The summed E-state index contributed by atoms with van der Waals surface area (Å²) in [5, 5.41) is 4.38. The summed E-state index contributed by atoms with van der Waals surface area (Å²) in [5.41, 5.74) is 5.85. The van der Waals surface area contributed by atoms with Gasteiger partial charge in [0.15, 0.2) is 23.1 Å². The average molecular weight is 393 g/mol. The first-order chi connectivity index (χ1) is 13.4. The molecule has 0 atom stereocenters. The number of ether oxygens (including phenoxy) is 1. The lowest BCUT2D eigenvalue weighted by molar-refractivity contribution is 0.364. The van der Waals surface area contributed by atoms with Crippen molar-refractivity contribution in [1.82, 2.24) is 19.7 Å². The minimum absolute atomic E-state index is 0.0393. The van der Waals surface area contributed by atoms with E-state index in [1.165, 1.54) is 18.6 Å². The Hall–Kier alpha value is -3.76. The standard InChI is InChI=1S/C17H8F5N5O/c18-9-3-7(28-15-13(21)10(19)4-11(20)14(15)22)1-2-12(9)27-17-8(5-26-27)16(23)24-6-25-17/h1-6H,(H2,23,24,25). The van der Waals surface area contributed by atoms with Gasteiger partial charge in [-0.3, -0.25) is 0 Å². The van der Waals surface area contributed by atoms with Gasteiger partial charge in [-0.1, -0.05) is 0 Å². The van der Waals surface area contributed by atoms with Gasteiger partial charge in [-0.05, 0) is 12.1 Å². The number of anilines is 1. The molecule has 4 aromatic rings. The number of aromatic nitrogens is 4. The Morgan fingerprint density at radius 3 is 2.29 bits per heavy atom. The molecular formula is C17H8F5N5O. The Bertz CT molecular complexity index is 1200. The van der Waals surface area contributed by atoms with Gasteiger partial charge in [-0.25, -0.2) is 27.8 Å². The number of fused-ring (bicyclic) bond motifs is 1. The normalized spacial score (nSPS) is 11.2. The zero-order valence-corrected chi connectivity index (χ0v) is 13.6. The van der Waals surface area contributed by atoms with Crippen LogP contribution in [0.1, 0.15) is 0 Å². The largest absolute Gasteiger partial charge is 0.451 e. The van der Waals surface area contributed by atoms with Gasteiger partial charge in [0, 0.05) is 12.1 Å². The Morgan fingerprint density at radius 2 is 1.61 bits per heavy atom. The van der Waals surface area contributed by atoms with Crippen LogP contribution in [0.2, 0.25) is 0 Å². The molecule has 2 N–H and O–H groups in total. The highest BCUT2D eigenvalue weighted by molar-refractivity contribution is 5.85. The van der Waals surface area contributed by atoms with Gasteiger partial charge >= 0.3 is 0 Å². The minimum Gasteiger partial charge on any atom is -0.451 e. The number of nitrogen functional groups attached to an aromatic ring is 1. The predicted octanol–water partition coefficient (Wildman–Crippen LogP) is 3.89. The number of halogens is 5. The quantitative estimate of drug-likeness (QED) is 0.422. The Balaban J connectivity index is 1.74. The van der Waals surface area contributed by atoms with E-state index in [9.17, 15) is 22.0 Å². The molecule has 6 nitrogen and oxygen atoms in total. The molecule has 0 spiro atoms. The van der Waals surface area contributed by atoms with Crippen LogP contribution in [0, 0.1) is 29.1 Å². The molecule has 142 valence electrons. The van der Waals surface area contributed by atoms with Crippen LogP contribution in [-0.2, 0) is 0 Å². The van der Waals surface area contributed by atoms with E-state index in [1.807, 2.05) is 0 Å². The Labute approximate surface area is 153 Å². The molecule has 28 heavy (non-hydrogen) atoms. The zero-order chi connectivity index (χ0) is 20.0. The summed E-state index contributed by atoms with van der Waals surface area (Å²) in [5.74, 6) is -9.25. The van der Waals surface area contributed by atoms with Crippen LogP contribution in [0.4, 0.5) is 27.8 Å². The molecule has 0 aliphatic carbocycles. The predicted molar refractivity (Wildman–Crippen MR) is 87.4 cm³/mol. The molecule has 0 radical (unpaired) electrons. The van der Waals surface area contributed by atoms with E-state index in [-0.39, 0.29) is 23.2 Å². The summed E-state index contributed by atoms with van der Waals surface area (Å²) in [6.07, 6.45) is 2.52. The van der Waals surface area contributed by atoms with Crippen molar-refractivity contribution in [2.24, 2.45) is 0 Å². The van der Waals surface area contributed by atoms with Crippen molar-refractivity contribution in [3.8, 4) is 17.2 Å². The summed E-state index contributed by atoms with van der Waals surface area (Å²) in [7, 11) is 0. The third-order valence-electron chi connectivity index (χ3n) is 3.84. The summed E-state index contributed by atoms with van der Waals surface area (Å²) in [4.78, 5) is 7.78. The van der Waals surface area contributed by atoms with Crippen molar-refractivity contribution >= 4 is 16.9 Å². The zero-order valence-electron chi connectivity index (χ0n) is 13.6. The second-order valence-corrected chi connectivity index (χ2v) is 5.57. The van der Waals surface area contributed by atoms with Gasteiger partial charge in [0.2, 0.25) is 17.4 Å². The molecule has 0 unspecified atom stereocenters. The number of hydrogen-bond acceptors (Lipinski definition) is 5. The fourth-order valence-electron chi connectivity index (χ4n) is 2.52. The van der Waals surface area contributed by atoms with E-state index in [2.05, 4.69) is 15.1 Å². The Kier molecular flexibility index (Phi) is 4.06. The maximum Gasteiger partial charge on any atom is 0.204 e. The first-order valence-corrected chi connectivity index (χ1v) is 7.61. The summed E-state index contributed by atoms with van der Waals surface area (Å²) < 4.78 is 74.4. The maximum atomic E-state index is 14.6. The van der Waals surface area contributed by atoms with Crippen LogP contribution in [0.5, 0.6) is 11.5 Å². The van der Waals surface area contributed by atoms with E-state index >= 15 is 0 Å². The van der Waals surface area contributed by atoms with E-state index < -0.39 is 40.6 Å². The van der Waals surface area contributed by atoms with Gasteiger partial charge in [-0.15, -0.1) is 0 Å². The smallest absolute Gasteiger partial charge is 0.204 e. The number of rotatable bonds is 3. The summed E-state index contributed by atoms with van der Waals surface area (Å²) in [6, 6.07) is 3.13. The molecule has 0 aliphatic heterocycles. The Morgan fingerprint density at radius 1 is 0.893 bits per heavy atom. The third kappa shape index (κ3) is 2.76. The van der Waals surface area contributed by atoms with Crippen LogP contribution >= 0.6 is 0 Å². The highest BCUT2D eigenvalue weighted by Gasteiger charge is 2.22. The molecule has 2 aromatic carbocycles. The molecule has 0 saturated carbocycles. The fourth-order valence-corrected chi connectivity index (χ4v) is 2.52. The summed E-state index contributed by atoms with van der Waals surface area (Å²) >= 11 is 0. The van der Waals surface area contributed by atoms with Gasteiger partial charge in [0.25, 0.3) is 0 Å². The molecule has 0 amide bonds. The van der Waals surface area contributed by atoms with Crippen molar-refractivity contribution < 1.29 is 26.7 Å². The number of nitrogens with two attached hydrogens (primary N) is 1. The molecule has 2 heterocycles. The molecule has 0 saturated heterocycles. The average Bonchev–Trinajstić information content (AvgIpc) is 3.09. The third-order valence-corrected chi connectivity index (χ3v) is 3.84. The molecule has 11 heteroatoms. The SMILES string of the molecule is Nc1ncnc2c1cnn2-c1ccc(Oc2c(F)c(F)cc(F)c2F)cc1F. The highest BCUT2D eigenvalue weighted by Crippen LogP contribution is 2.32. The topological polar surface area (TPSA) is 78.9 Å². The lowest BCUT2D eigenvalue weighted by atomic mass is 10.2. The minimum atomic E-state index is -1.74. The first-order valence-electron chi connectivity index (χ1n) is 7.61. The van der Waals surface area contributed by atoms with Gasteiger partial charge < -0.3 is 10.5 Å². The van der Waals surface area contributed by atoms with Gasteiger partial charge in [0.05, 0.1) is 11.6 Å². The van der Waals surface area contributed by atoms with Gasteiger partial charge in [0.1, 0.15) is 23.6 Å². The van der Waals surface area contributed by atoms with E-state index in [4.69, 9.17) is 10.5 Å². The number of hydrogen-bond donors (Lipinski definition) is 1. The molecule has 4 rings (SSSR count). The molecule has 2 aromatic heterocycles. The second kappa shape index (κ2) is 6.44. The fraction of sp³-hybridized carbons (Fsp3) is 0. The monoisotopic (exact) mass is 393 g/mol.